The molecule has 0 aromatic rings. The van der Waals surface area contributed by atoms with Crippen molar-refractivity contribution < 1.29 is 80.2 Å². The van der Waals surface area contributed by atoms with Crippen LogP contribution in [0.3, 0.4) is 0 Å². The Hall–Kier alpha value is -4.54. The van der Waals surface area contributed by atoms with Crippen LogP contribution in [0.1, 0.15) is 297 Å². The SMILES string of the molecule is CC/C=C\C/C=C\C/C=C\C/C=C\C/C=C\CC(=O)OC(COC(=O)CCCCCCCC/C=C\C/C=C\C/C=C\C/C=C\CC)COP(=O)(O)OCC(O)COP(=O)(O)OCC(COC(=O)CCCCCCCCCCCCCCC)OC(=O)CCCCCCC/C=C\CCCC. The molecule has 0 saturated carbocycles. The molecule has 0 aliphatic rings. The molecule has 0 rings (SSSR count). The molecule has 5 atom stereocenters. The maximum Gasteiger partial charge on any atom is 0.472 e. The van der Waals surface area contributed by atoms with Gasteiger partial charge in [0, 0.05) is 19.3 Å². The van der Waals surface area contributed by atoms with E-state index in [1.807, 2.05) is 12.2 Å². The van der Waals surface area contributed by atoms with Crippen molar-refractivity contribution in [1.29, 1.82) is 0 Å². The van der Waals surface area contributed by atoms with Gasteiger partial charge in [-0.25, -0.2) is 9.13 Å². The Morgan fingerprint density at radius 3 is 0.949 bits per heavy atom. The molecule has 0 fully saturated rings. The Kier molecular flexibility index (Phi) is 67.6. The third-order valence-electron chi connectivity index (χ3n) is 15.5. The van der Waals surface area contributed by atoms with E-state index in [0.717, 1.165) is 148 Å². The highest BCUT2D eigenvalue weighted by atomic mass is 31.2. The summed E-state index contributed by atoms with van der Waals surface area (Å²) in [7, 11) is -9.98. The van der Waals surface area contributed by atoms with Crippen molar-refractivity contribution in [2.45, 2.75) is 316 Å². The number of aliphatic hydroxyl groups excluding tert-OH is 1. The van der Waals surface area contributed by atoms with Gasteiger partial charge in [0.2, 0.25) is 0 Å². The number of carbonyl (C=O) groups excluding carboxylic acids is 4. The molecule has 5 unspecified atom stereocenters. The van der Waals surface area contributed by atoms with E-state index in [1.54, 1.807) is 12.2 Å². The van der Waals surface area contributed by atoms with Crippen molar-refractivity contribution in [3.05, 3.63) is 122 Å². The molecule has 0 amide bonds. The molecule has 0 aliphatic carbocycles. The minimum atomic E-state index is -5.00. The van der Waals surface area contributed by atoms with Crippen molar-refractivity contribution in [3.63, 3.8) is 0 Å². The van der Waals surface area contributed by atoms with Crippen LogP contribution in [0, 0.1) is 0 Å². The van der Waals surface area contributed by atoms with Gasteiger partial charge < -0.3 is 33.8 Å². The zero-order chi connectivity index (χ0) is 71.8. The minimum Gasteiger partial charge on any atom is -0.462 e. The molecule has 3 N–H and O–H groups in total. The fraction of sp³-hybridized carbons (Fsp3) is 0.696. The quantitative estimate of drug-likeness (QED) is 0.0169. The lowest BCUT2D eigenvalue weighted by molar-refractivity contribution is -0.161. The number of carbonyl (C=O) groups is 4. The summed E-state index contributed by atoms with van der Waals surface area (Å²) in [6, 6.07) is 0. The number of aliphatic hydroxyl groups is 1. The molecule has 17 nitrogen and oxygen atoms in total. The fourth-order valence-corrected chi connectivity index (χ4v) is 11.3. The smallest absolute Gasteiger partial charge is 0.462 e. The summed E-state index contributed by atoms with van der Waals surface area (Å²) in [5, 5.41) is 10.6. The fourth-order valence-electron chi connectivity index (χ4n) is 9.74. The third kappa shape index (κ3) is 69.9. The zero-order valence-corrected chi connectivity index (χ0v) is 63.0. The van der Waals surface area contributed by atoms with Crippen molar-refractivity contribution in [1.82, 2.24) is 0 Å². The molecule has 0 radical (unpaired) electrons. The average Bonchev–Trinajstić information content (AvgIpc) is 1.06. The molecule has 562 valence electrons. The number of phosphoric ester groups is 2. The number of phosphoric acid groups is 2. The van der Waals surface area contributed by atoms with E-state index in [2.05, 4.69) is 125 Å². The van der Waals surface area contributed by atoms with Gasteiger partial charge in [0.25, 0.3) is 0 Å². The van der Waals surface area contributed by atoms with Gasteiger partial charge in [-0.05, 0) is 109 Å². The highest BCUT2D eigenvalue weighted by molar-refractivity contribution is 7.47. The van der Waals surface area contributed by atoms with Crippen LogP contribution >= 0.6 is 15.6 Å². The van der Waals surface area contributed by atoms with E-state index >= 15 is 0 Å². The van der Waals surface area contributed by atoms with Gasteiger partial charge in [-0.2, -0.15) is 0 Å². The standard InChI is InChI=1S/C79H134O17P2/c1-5-9-13-17-21-25-29-32-34-35-36-37-39-41-45-48-52-56-60-64-77(82)90-70-75(96-79(84)66-62-58-54-50-46-42-38-33-30-26-22-18-14-10-6-2)72-94-98(87,88)92-68-73(80)67-91-97(85,86)93-71-74(95-78(83)65-61-57-53-49-43-28-24-20-16-12-8-4)69-89-76(81)63-59-55-51-47-44-40-31-27-23-19-15-11-7-3/h9-10,13-14,20-22,24-26,32-34,36-38,46,50,58,62,73-75,80H,5-8,11-12,15-19,23,27-31,35,39-45,47-49,51-57,59-61,63-72H2,1-4H3,(H,85,86)(H,87,88)/b13-9-,14-10-,24-20-,25-21-,26-22-,34-32-,37-36-,38-33-,50-46-,62-58-. The van der Waals surface area contributed by atoms with Crippen LogP contribution in [0.25, 0.3) is 0 Å². The molecule has 0 aromatic carbocycles. The summed E-state index contributed by atoms with van der Waals surface area (Å²) in [5.74, 6) is -2.34. The number of esters is 4. The van der Waals surface area contributed by atoms with Gasteiger partial charge in [-0.15, -0.1) is 0 Å². The Balaban J connectivity index is 5.40. The Labute approximate surface area is 593 Å². The number of allylic oxidation sites excluding steroid dienone is 19. The van der Waals surface area contributed by atoms with Crippen LogP contribution in [0.4, 0.5) is 0 Å². The van der Waals surface area contributed by atoms with Gasteiger partial charge in [0.05, 0.1) is 32.8 Å². The molecule has 0 aliphatic heterocycles. The van der Waals surface area contributed by atoms with Crippen molar-refractivity contribution >= 4 is 39.5 Å². The number of hydrogen-bond donors (Lipinski definition) is 3. The topological polar surface area (TPSA) is 237 Å². The number of hydrogen-bond acceptors (Lipinski definition) is 15. The summed E-state index contributed by atoms with van der Waals surface area (Å²) < 4.78 is 68.2. The first-order chi connectivity index (χ1) is 47.7. The van der Waals surface area contributed by atoms with E-state index in [-0.39, 0.29) is 25.7 Å². The highest BCUT2D eigenvalue weighted by Crippen LogP contribution is 2.45. The summed E-state index contributed by atoms with van der Waals surface area (Å²) in [6.07, 6.45) is 76.6. The minimum absolute atomic E-state index is 0.0825. The van der Waals surface area contributed by atoms with E-state index < -0.39 is 97.5 Å². The first-order valence-corrected chi connectivity index (χ1v) is 40.8. The molecule has 0 saturated heterocycles. The average molecular weight is 1420 g/mol. The molecule has 0 bridgehead atoms. The first kappa shape index (κ1) is 93.5. The van der Waals surface area contributed by atoms with E-state index in [4.69, 9.17) is 37.0 Å². The normalized spacial score (nSPS) is 14.6. The summed E-state index contributed by atoms with van der Waals surface area (Å²) >= 11 is 0. The van der Waals surface area contributed by atoms with Gasteiger partial charge in [-0.1, -0.05) is 284 Å². The second kappa shape index (κ2) is 70.9. The van der Waals surface area contributed by atoms with Crippen LogP contribution in [-0.2, 0) is 65.4 Å². The molecular formula is C79H134O17P2. The Morgan fingerprint density at radius 1 is 0.306 bits per heavy atom. The van der Waals surface area contributed by atoms with Crippen molar-refractivity contribution in [3.8, 4) is 0 Å². The predicted octanol–water partition coefficient (Wildman–Crippen LogP) is 21.6. The summed E-state index contributed by atoms with van der Waals surface area (Å²) in [6.45, 7) is 4.47. The van der Waals surface area contributed by atoms with Gasteiger partial charge in [0.1, 0.15) is 19.3 Å². The lowest BCUT2D eigenvalue weighted by Gasteiger charge is -2.21. The molecule has 98 heavy (non-hydrogen) atoms. The number of rotatable bonds is 70. The zero-order valence-electron chi connectivity index (χ0n) is 61.2. The monoisotopic (exact) mass is 1420 g/mol. The largest absolute Gasteiger partial charge is 0.472 e. The van der Waals surface area contributed by atoms with E-state index in [9.17, 15) is 43.2 Å². The molecule has 19 heteroatoms. The van der Waals surface area contributed by atoms with Gasteiger partial charge >= 0.3 is 39.5 Å². The highest BCUT2D eigenvalue weighted by Gasteiger charge is 2.30. The summed E-state index contributed by atoms with van der Waals surface area (Å²) in [4.78, 5) is 72.7. The molecule has 0 heterocycles. The van der Waals surface area contributed by atoms with Crippen LogP contribution in [0.5, 0.6) is 0 Å². The number of ether oxygens (including phenoxy) is 4. The van der Waals surface area contributed by atoms with Crippen LogP contribution < -0.4 is 0 Å². The lowest BCUT2D eigenvalue weighted by Crippen LogP contribution is -2.30. The van der Waals surface area contributed by atoms with Gasteiger partial charge in [0.15, 0.2) is 12.2 Å². The Bertz CT molecular complexity index is 2340. The van der Waals surface area contributed by atoms with Crippen LogP contribution in [0.15, 0.2) is 122 Å². The second-order valence-electron chi connectivity index (χ2n) is 24.8. The van der Waals surface area contributed by atoms with Crippen LogP contribution in [0.2, 0.25) is 0 Å². The van der Waals surface area contributed by atoms with Gasteiger partial charge in [-0.3, -0.25) is 37.3 Å². The predicted molar refractivity (Wildman–Crippen MR) is 399 cm³/mol. The van der Waals surface area contributed by atoms with E-state index in [0.29, 0.717) is 25.7 Å². The van der Waals surface area contributed by atoms with Crippen molar-refractivity contribution in [2.75, 3.05) is 39.6 Å². The maximum absolute atomic E-state index is 13.1. The third-order valence-corrected chi connectivity index (χ3v) is 17.4. The second-order valence-corrected chi connectivity index (χ2v) is 27.8. The Morgan fingerprint density at radius 2 is 0.582 bits per heavy atom. The first-order valence-electron chi connectivity index (χ1n) is 37.8. The molecule has 0 spiro atoms. The number of unbranched alkanes of at least 4 members (excludes halogenated alkanes) is 25. The molecule has 0 aromatic heterocycles. The van der Waals surface area contributed by atoms with Crippen molar-refractivity contribution in [2.24, 2.45) is 0 Å². The van der Waals surface area contributed by atoms with Crippen LogP contribution in [-0.4, -0.2) is 96.7 Å². The summed E-state index contributed by atoms with van der Waals surface area (Å²) in [5.41, 5.74) is 0. The molecular weight excluding hydrogens is 1280 g/mol. The van der Waals surface area contributed by atoms with E-state index in [1.165, 1.54) is 70.6 Å². The maximum atomic E-state index is 13.1. The lowest BCUT2D eigenvalue weighted by atomic mass is 10.0.